The number of hydrogen-bond acceptors (Lipinski definition) is 4. The van der Waals surface area contributed by atoms with Gasteiger partial charge < -0.3 is 10.8 Å². The maximum atomic E-state index is 12.2. The van der Waals surface area contributed by atoms with E-state index < -0.39 is 21.5 Å². The Balaban J connectivity index is 1.87. The van der Waals surface area contributed by atoms with Gasteiger partial charge in [-0.3, -0.25) is 9.52 Å². The fourth-order valence-corrected chi connectivity index (χ4v) is 5.79. The van der Waals surface area contributed by atoms with E-state index in [1.165, 1.54) is 11.1 Å². The van der Waals surface area contributed by atoms with Crippen molar-refractivity contribution in [2.45, 2.75) is 52.1 Å². The van der Waals surface area contributed by atoms with Crippen LogP contribution in [0.4, 0.5) is 5.69 Å². The van der Waals surface area contributed by atoms with Gasteiger partial charge in [0.1, 0.15) is 0 Å². The van der Waals surface area contributed by atoms with Gasteiger partial charge in [-0.2, -0.15) is 0 Å². The van der Waals surface area contributed by atoms with Crippen molar-refractivity contribution in [2.24, 2.45) is 11.7 Å². The van der Waals surface area contributed by atoms with Crippen molar-refractivity contribution >= 4 is 27.2 Å². The van der Waals surface area contributed by atoms with Crippen molar-refractivity contribution in [1.82, 2.24) is 0 Å². The largest absolute Gasteiger partial charge is 0.390 e. The lowest BCUT2D eigenvalue weighted by molar-refractivity contribution is 0.0123. The number of hydrogen-bond donors (Lipinski definition) is 3. The van der Waals surface area contributed by atoms with Gasteiger partial charge in [-0.1, -0.05) is 30.4 Å². The Bertz CT molecular complexity index is 1300. The van der Waals surface area contributed by atoms with Crippen molar-refractivity contribution in [3.63, 3.8) is 0 Å². The predicted octanol–water partition coefficient (Wildman–Crippen LogP) is 4.53. The summed E-state index contributed by atoms with van der Waals surface area (Å²) < 4.78 is 26.7. The fraction of sp³-hybridized carbons (Fsp3) is 0.346. The number of sulfonamides is 1. The average molecular weight is 467 g/mol. The number of carbonyl (C=O) groups excluding carboxylic acids is 1. The fourth-order valence-electron chi connectivity index (χ4n) is 5.18. The van der Waals surface area contributed by atoms with Gasteiger partial charge in [-0.25, -0.2) is 8.42 Å². The van der Waals surface area contributed by atoms with Crippen LogP contribution in [-0.4, -0.2) is 25.0 Å². The van der Waals surface area contributed by atoms with Crippen molar-refractivity contribution < 1.29 is 18.3 Å². The molecule has 1 atom stereocenters. The molecule has 1 amide bonds. The summed E-state index contributed by atoms with van der Waals surface area (Å²) in [6.07, 6.45) is 3.10. The molecule has 0 bridgehead atoms. The number of anilines is 1. The third-order valence-electron chi connectivity index (χ3n) is 7.03. The number of aliphatic hydroxyl groups is 1. The van der Waals surface area contributed by atoms with Gasteiger partial charge in [0.15, 0.2) is 0 Å². The zero-order valence-corrected chi connectivity index (χ0v) is 20.1. The molecule has 1 unspecified atom stereocenters. The van der Waals surface area contributed by atoms with Crippen LogP contribution in [0.5, 0.6) is 0 Å². The lowest BCUT2D eigenvalue weighted by atomic mass is 9.75. The molecule has 2 aromatic rings. The number of nitrogens with two attached hydrogens (primary N) is 1. The first kappa shape index (κ1) is 23.3. The Kier molecular flexibility index (Phi) is 5.75. The van der Waals surface area contributed by atoms with E-state index in [0.29, 0.717) is 17.7 Å². The van der Waals surface area contributed by atoms with Gasteiger partial charge in [0.05, 0.1) is 11.3 Å². The molecule has 0 saturated heterocycles. The number of nitrogens with one attached hydrogen (secondary N) is 1. The van der Waals surface area contributed by atoms with Gasteiger partial charge in [-0.05, 0) is 97.9 Å². The molecule has 4 N–H and O–H groups in total. The first-order valence-corrected chi connectivity index (χ1v) is 12.6. The van der Waals surface area contributed by atoms with Crippen LogP contribution in [0, 0.1) is 12.8 Å². The van der Waals surface area contributed by atoms with E-state index in [4.69, 9.17) is 5.73 Å². The third-order valence-corrected chi connectivity index (χ3v) is 7.97. The molecular formula is C26H30N2O4S. The molecule has 0 saturated carbocycles. The Labute approximate surface area is 195 Å². The van der Waals surface area contributed by atoms with Gasteiger partial charge >= 0.3 is 0 Å². The number of carbonyl (C=O) groups is 1. The highest BCUT2D eigenvalue weighted by Crippen LogP contribution is 2.50. The summed E-state index contributed by atoms with van der Waals surface area (Å²) in [7, 11) is -3.64. The van der Waals surface area contributed by atoms with Crippen molar-refractivity contribution in [3.05, 3.63) is 70.1 Å². The molecule has 7 heteroatoms. The Hall–Kier alpha value is -2.90. The third kappa shape index (κ3) is 4.23. The van der Waals surface area contributed by atoms with Crippen LogP contribution in [0.1, 0.15) is 60.2 Å². The van der Waals surface area contributed by atoms with E-state index in [1.54, 1.807) is 12.1 Å². The number of fused-ring (bicyclic) bond motifs is 2. The van der Waals surface area contributed by atoms with E-state index in [9.17, 15) is 18.3 Å². The van der Waals surface area contributed by atoms with Crippen molar-refractivity contribution in [3.8, 4) is 11.1 Å². The Morgan fingerprint density at radius 2 is 1.97 bits per heavy atom. The molecule has 0 aliphatic heterocycles. The summed E-state index contributed by atoms with van der Waals surface area (Å²) in [6, 6.07) is 9.17. The van der Waals surface area contributed by atoms with Gasteiger partial charge in [0.2, 0.25) is 5.91 Å². The Morgan fingerprint density at radius 1 is 1.24 bits per heavy atom. The van der Waals surface area contributed by atoms with Crippen molar-refractivity contribution in [1.29, 1.82) is 0 Å². The molecule has 2 aliphatic carbocycles. The number of rotatable bonds is 6. The topological polar surface area (TPSA) is 109 Å². The van der Waals surface area contributed by atoms with E-state index in [0.717, 1.165) is 52.5 Å². The average Bonchev–Trinajstić information content (AvgIpc) is 3.12. The second kappa shape index (κ2) is 8.15. The van der Waals surface area contributed by atoms with Gasteiger partial charge in [-0.15, -0.1) is 0 Å². The van der Waals surface area contributed by atoms with Crippen LogP contribution in [-0.2, 0) is 16.4 Å². The molecule has 0 heterocycles. The maximum Gasteiger partial charge on any atom is 0.254 e. The summed E-state index contributed by atoms with van der Waals surface area (Å²) in [6.45, 7) is 8.94. The molecule has 4 rings (SSSR count). The second-order valence-electron chi connectivity index (χ2n) is 9.52. The standard InChI is InChI=1S/C26H30N2O4S/c1-5-33(31,32)28-23-8-6-7-18(15(23)2)20-11-12-21(25(27)29)22-14-16-13-17(26(3,4)30)9-10-19(16)24(20)22/h5-8,11-12,17,28,30H,1,9-10,13-14H2,2-4H3,(H2,27,29). The minimum absolute atomic E-state index is 0.157. The van der Waals surface area contributed by atoms with Gasteiger partial charge in [0, 0.05) is 11.0 Å². The minimum Gasteiger partial charge on any atom is -0.390 e. The van der Waals surface area contributed by atoms with E-state index in [-0.39, 0.29) is 5.92 Å². The SMILES string of the molecule is C=CS(=O)(=O)Nc1cccc(-c2ccc(C(N)=O)c3c2C2=C(C3)CC(C(C)(C)O)CC2)c1C. The number of benzene rings is 2. The molecule has 2 aromatic carbocycles. The molecule has 0 radical (unpaired) electrons. The molecule has 0 aromatic heterocycles. The monoisotopic (exact) mass is 466 g/mol. The first-order chi connectivity index (χ1) is 15.4. The molecule has 0 fully saturated rings. The zero-order valence-electron chi connectivity index (χ0n) is 19.2. The van der Waals surface area contributed by atoms with Crippen LogP contribution in [0.3, 0.4) is 0 Å². The number of primary amides is 1. The molecule has 6 nitrogen and oxygen atoms in total. The smallest absolute Gasteiger partial charge is 0.254 e. The molecule has 174 valence electrons. The summed E-state index contributed by atoms with van der Waals surface area (Å²) in [4.78, 5) is 12.2. The van der Waals surface area contributed by atoms with Crippen LogP contribution < -0.4 is 10.5 Å². The quantitative estimate of drug-likeness (QED) is 0.581. The normalized spacial score (nSPS) is 18.0. The molecule has 0 spiro atoms. The second-order valence-corrected chi connectivity index (χ2v) is 11.2. The van der Waals surface area contributed by atoms with Crippen molar-refractivity contribution in [2.75, 3.05) is 4.72 Å². The number of amides is 1. The highest BCUT2D eigenvalue weighted by atomic mass is 32.2. The minimum atomic E-state index is -3.64. The molecular weight excluding hydrogens is 436 g/mol. The first-order valence-electron chi connectivity index (χ1n) is 11.1. The Morgan fingerprint density at radius 3 is 2.61 bits per heavy atom. The van der Waals surface area contributed by atoms with E-state index in [2.05, 4.69) is 11.3 Å². The van der Waals surface area contributed by atoms with E-state index >= 15 is 0 Å². The predicted molar refractivity (Wildman–Crippen MR) is 132 cm³/mol. The lowest BCUT2D eigenvalue weighted by Crippen LogP contribution is -2.32. The van der Waals surface area contributed by atoms with Crippen LogP contribution in [0.25, 0.3) is 16.7 Å². The summed E-state index contributed by atoms with van der Waals surface area (Å²) in [5.41, 5.74) is 13.0. The summed E-state index contributed by atoms with van der Waals surface area (Å²) in [5, 5.41) is 11.5. The highest BCUT2D eigenvalue weighted by Gasteiger charge is 2.37. The van der Waals surface area contributed by atoms with Gasteiger partial charge in [0.25, 0.3) is 10.0 Å². The van der Waals surface area contributed by atoms with E-state index in [1.807, 2.05) is 39.0 Å². The lowest BCUT2D eigenvalue weighted by Gasteiger charge is -2.33. The summed E-state index contributed by atoms with van der Waals surface area (Å²) >= 11 is 0. The van der Waals surface area contributed by atoms with Crippen LogP contribution >= 0.6 is 0 Å². The molecule has 2 aliphatic rings. The number of allylic oxidation sites excluding steroid dienone is 2. The maximum absolute atomic E-state index is 12.2. The highest BCUT2D eigenvalue weighted by molar-refractivity contribution is 7.95. The van der Waals surface area contributed by atoms with Crippen LogP contribution in [0.2, 0.25) is 0 Å². The summed E-state index contributed by atoms with van der Waals surface area (Å²) in [5.74, 6) is -0.301. The molecule has 33 heavy (non-hydrogen) atoms. The van der Waals surface area contributed by atoms with Crippen LogP contribution in [0.15, 0.2) is 47.9 Å². The zero-order chi connectivity index (χ0) is 24.1.